The van der Waals surface area contributed by atoms with Crippen molar-refractivity contribution < 1.29 is 4.79 Å². The number of carbonyl (C=O) groups excluding carboxylic acids is 1. The molecule has 2 atom stereocenters. The van der Waals surface area contributed by atoms with E-state index in [1.165, 1.54) is 18.4 Å². The molecule has 2 aliphatic carbocycles. The van der Waals surface area contributed by atoms with Crippen LogP contribution >= 0.6 is 0 Å². The number of benzene rings is 1. The molecule has 0 aromatic heterocycles. The number of hydrogen-bond acceptors (Lipinski definition) is 1. The summed E-state index contributed by atoms with van der Waals surface area (Å²) in [5.41, 5.74) is 1.46. The fraction of sp³-hybridized carbons (Fsp3) is 0.588. The van der Waals surface area contributed by atoms with E-state index in [4.69, 9.17) is 0 Å². The van der Waals surface area contributed by atoms with Gasteiger partial charge < -0.3 is 5.32 Å². The highest BCUT2D eigenvalue weighted by Crippen LogP contribution is 2.38. The molecular weight excluding hydrogens is 234 g/mol. The maximum atomic E-state index is 11.9. The molecule has 0 unspecified atom stereocenters. The Labute approximate surface area is 115 Å². The van der Waals surface area contributed by atoms with Crippen molar-refractivity contribution >= 4 is 5.91 Å². The van der Waals surface area contributed by atoms with Gasteiger partial charge in [0.2, 0.25) is 5.91 Å². The van der Waals surface area contributed by atoms with Gasteiger partial charge in [0, 0.05) is 12.0 Å². The lowest BCUT2D eigenvalue weighted by Crippen LogP contribution is -2.38. The van der Waals surface area contributed by atoms with Crippen LogP contribution in [0.15, 0.2) is 30.3 Å². The zero-order valence-corrected chi connectivity index (χ0v) is 11.6. The van der Waals surface area contributed by atoms with Crippen LogP contribution in [-0.4, -0.2) is 11.9 Å². The molecule has 2 aliphatic rings. The summed E-state index contributed by atoms with van der Waals surface area (Å²) in [7, 11) is 0. The molecule has 19 heavy (non-hydrogen) atoms. The van der Waals surface area contributed by atoms with E-state index in [9.17, 15) is 4.79 Å². The van der Waals surface area contributed by atoms with Crippen molar-refractivity contribution in [2.24, 2.45) is 11.8 Å². The lowest BCUT2D eigenvalue weighted by molar-refractivity contribution is -0.123. The van der Waals surface area contributed by atoms with E-state index in [2.05, 4.69) is 42.6 Å². The first-order valence-corrected chi connectivity index (χ1v) is 7.59. The second kappa shape index (κ2) is 5.36. The third kappa shape index (κ3) is 2.99. The minimum Gasteiger partial charge on any atom is -0.353 e. The molecule has 2 heteroatoms. The minimum absolute atomic E-state index is 0.302. The summed E-state index contributed by atoms with van der Waals surface area (Å²) < 4.78 is 0. The average Bonchev–Trinajstić information content (AvgIpc) is 3.18. The molecule has 2 fully saturated rings. The Morgan fingerprint density at radius 2 is 1.74 bits per heavy atom. The maximum absolute atomic E-state index is 11.9. The van der Waals surface area contributed by atoms with Crippen molar-refractivity contribution in [3.05, 3.63) is 35.9 Å². The summed E-state index contributed by atoms with van der Waals surface area (Å²) in [6, 6.07) is 11.2. The summed E-state index contributed by atoms with van der Waals surface area (Å²) in [6.07, 6.45) is 5.76. The quantitative estimate of drug-likeness (QED) is 0.882. The van der Waals surface area contributed by atoms with Crippen molar-refractivity contribution in [1.82, 2.24) is 5.32 Å². The predicted octanol–water partition coefficient (Wildman–Crippen LogP) is 3.49. The van der Waals surface area contributed by atoms with Crippen molar-refractivity contribution in [3.8, 4) is 0 Å². The van der Waals surface area contributed by atoms with E-state index < -0.39 is 0 Å². The highest BCUT2D eigenvalue weighted by atomic mass is 16.2. The fourth-order valence-corrected chi connectivity index (χ4v) is 3.29. The smallest absolute Gasteiger partial charge is 0.223 e. The van der Waals surface area contributed by atoms with Crippen LogP contribution in [0.25, 0.3) is 0 Å². The molecule has 0 radical (unpaired) electrons. The summed E-state index contributed by atoms with van der Waals surface area (Å²) in [6.45, 7) is 2.16. The van der Waals surface area contributed by atoms with Crippen LogP contribution in [0.2, 0.25) is 0 Å². The van der Waals surface area contributed by atoms with Gasteiger partial charge in [0.05, 0.1) is 0 Å². The first-order valence-electron chi connectivity index (χ1n) is 7.59. The monoisotopic (exact) mass is 257 g/mol. The van der Waals surface area contributed by atoms with Crippen LogP contribution in [0.4, 0.5) is 0 Å². The van der Waals surface area contributed by atoms with Crippen LogP contribution in [0.5, 0.6) is 0 Å². The first-order chi connectivity index (χ1) is 9.24. The van der Waals surface area contributed by atoms with Gasteiger partial charge in [0.25, 0.3) is 0 Å². The van der Waals surface area contributed by atoms with Crippen molar-refractivity contribution in [2.45, 2.75) is 51.0 Å². The lowest BCUT2D eigenvalue weighted by atomic mass is 9.82. The van der Waals surface area contributed by atoms with Crippen LogP contribution in [0, 0.1) is 11.8 Å². The molecule has 1 aromatic rings. The summed E-state index contributed by atoms with van der Waals surface area (Å²) >= 11 is 0. The Morgan fingerprint density at radius 3 is 2.32 bits per heavy atom. The molecule has 1 aromatic carbocycles. The molecule has 2 saturated carbocycles. The van der Waals surface area contributed by atoms with Gasteiger partial charge in [0.1, 0.15) is 0 Å². The zero-order chi connectivity index (χ0) is 13.2. The molecule has 102 valence electrons. The molecule has 2 nitrogen and oxygen atoms in total. The Hall–Kier alpha value is -1.31. The van der Waals surface area contributed by atoms with Crippen LogP contribution < -0.4 is 5.32 Å². The first kappa shape index (κ1) is 12.7. The molecule has 0 spiro atoms. The zero-order valence-electron chi connectivity index (χ0n) is 11.6. The van der Waals surface area contributed by atoms with Gasteiger partial charge in [-0.05, 0) is 49.5 Å². The predicted molar refractivity (Wildman–Crippen MR) is 76.9 cm³/mol. The third-order valence-electron chi connectivity index (χ3n) is 4.79. The molecule has 0 heterocycles. The number of rotatable bonds is 3. The highest BCUT2D eigenvalue weighted by Gasteiger charge is 2.39. The number of amides is 1. The summed E-state index contributed by atoms with van der Waals surface area (Å²) in [4.78, 5) is 11.9. The van der Waals surface area contributed by atoms with E-state index >= 15 is 0 Å². The molecular formula is C17H23NO. The highest BCUT2D eigenvalue weighted by molar-refractivity contribution is 5.81. The van der Waals surface area contributed by atoms with E-state index in [0.717, 1.165) is 19.3 Å². The van der Waals surface area contributed by atoms with Gasteiger partial charge in [-0.15, -0.1) is 0 Å². The Morgan fingerprint density at radius 1 is 1.11 bits per heavy atom. The Kier molecular flexibility index (Phi) is 3.58. The standard InChI is InChI=1S/C17H23NO/c1-12-11-16(12)17(19)18-15-9-7-14(8-10-15)13-5-3-2-4-6-13/h2-6,12,14-16H,7-11H2,1H3,(H,18,19)/t12-,14?,15?,16+/m0/s1. The minimum atomic E-state index is 0.302. The molecule has 0 aliphatic heterocycles. The molecule has 0 saturated heterocycles. The van der Waals surface area contributed by atoms with Crippen LogP contribution in [0.3, 0.4) is 0 Å². The Bertz CT molecular complexity index is 434. The van der Waals surface area contributed by atoms with Gasteiger partial charge in [-0.1, -0.05) is 37.3 Å². The number of carbonyl (C=O) groups is 1. The van der Waals surface area contributed by atoms with Crippen molar-refractivity contribution in [3.63, 3.8) is 0 Å². The Balaban J connectivity index is 1.48. The summed E-state index contributed by atoms with van der Waals surface area (Å²) in [5, 5.41) is 3.24. The normalized spacial score (nSPS) is 33.7. The van der Waals surface area contributed by atoms with Gasteiger partial charge >= 0.3 is 0 Å². The van der Waals surface area contributed by atoms with Gasteiger partial charge in [-0.3, -0.25) is 4.79 Å². The molecule has 3 rings (SSSR count). The lowest BCUT2D eigenvalue weighted by Gasteiger charge is -2.29. The van der Waals surface area contributed by atoms with E-state index in [1.54, 1.807) is 0 Å². The molecule has 0 bridgehead atoms. The second-order valence-electron chi connectivity index (χ2n) is 6.29. The van der Waals surface area contributed by atoms with Crippen LogP contribution in [0.1, 0.15) is 50.5 Å². The van der Waals surface area contributed by atoms with E-state index in [0.29, 0.717) is 29.7 Å². The average molecular weight is 257 g/mol. The molecule has 1 amide bonds. The summed E-state index contributed by atoms with van der Waals surface area (Å²) in [5.74, 6) is 1.91. The van der Waals surface area contributed by atoms with Gasteiger partial charge in [-0.25, -0.2) is 0 Å². The van der Waals surface area contributed by atoms with Crippen molar-refractivity contribution in [1.29, 1.82) is 0 Å². The third-order valence-corrected chi connectivity index (χ3v) is 4.79. The van der Waals surface area contributed by atoms with Gasteiger partial charge in [-0.2, -0.15) is 0 Å². The van der Waals surface area contributed by atoms with Gasteiger partial charge in [0.15, 0.2) is 0 Å². The second-order valence-corrected chi connectivity index (χ2v) is 6.29. The van der Waals surface area contributed by atoms with E-state index in [1.807, 2.05) is 0 Å². The van der Waals surface area contributed by atoms with E-state index in [-0.39, 0.29) is 0 Å². The van der Waals surface area contributed by atoms with Crippen LogP contribution in [-0.2, 0) is 4.79 Å². The van der Waals surface area contributed by atoms with Crippen molar-refractivity contribution in [2.75, 3.05) is 0 Å². The fourth-order valence-electron chi connectivity index (χ4n) is 3.29. The SMILES string of the molecule is C[C@H]1C[C@H]1C(=O)NC1CCC(c2ccccc2)CC1. The molecule has 1 N–H and O–H groups in total. The largest absolute Gasteiger partial charge is 0.353 e. The number of nitrogens with one attached hydrogen (secondary N) is 1. The number of hydrogen-bond donors (Lipinski definition) is 1. The maximum Gasteiger partial charge on any atom is 0.223 e. The topological polar surface area (TPSA) is 29.1 Å².